The number of hydrogen-bond acceptors (Lipinski definition) is 2. The van der Waals surface area contributed by atoms with Gasteiger partial charge < -0.3 is 4.18 Å². The van der Waals surface area contributed by atoms with Crippen LogP contribution in [0.4, 0.5) is 0 Å². The Bertz CT molecular complexity index is 59.5. The van der Waals surface area contributed by atoms with Crippen molar-refractivity contribution in [2.24, 2.45) is 0 Å². The van der Waals surface area contributed by atoms with Gasteiger partial charge in [0.05, 0.1) is 6.10 Å². The Labute approximate surface area is 55.0 Å². The molecule has 1 rings (SSSR count). The molecule has 2 heteroatoms. The van der Waals surface area contributed by atoms with E-state index >= 15 is 0 Å². The SMILES string of the molecule is CSOC1CCCC1. The van der Waals surface area contributed by atoms with Crippen molar-refractivity contribution in [3.05, 3.63) is 0 Å². The molecule has 0 spiro atoms. The van der Waals surface area contributed by atoms with Crippen molar-refractivity contribution < 1.29 is 4.18 Å². The maximum atomic E-state index is 5.32. The lowest BCUT2D eigenvalue weighted by Crippen LogP contribution is -1.99. The Balaban J connectivity index is 2.06. The van der Waals surface area contributed by atoms with Crippen molar-refractivity contribution in [1.82, 2.24) is 0 Å². The molecule has 1 fully saturated rings. The molecule has 8 heavy (non-hydrogen) atoms. The first-order chi connectivity index (χ1) is 3.93. The van der Waals surface area contributed by atoms with Crippen molar-refractivity contribution in [2.45, 2.75) is 31.8 Å². The molecule has 0 bridgehead atoms. The fraction of sp³-hybridized carbons (Fsp3) is 1.00. The monoisotopic (exact) mass is 132 g/mol. The van der Waals surface area contributed by atoms with Gasteiger partial charge in [-0.1, -0.05) is 12.8 Å². The van der Waals surface area contributed by atoms with Gasteiger partial charge in [-0.05, 0) is 24.9 Å². The summed E-state index contributed by atoms with van der Waals surface area (Å²) in [6.07, 6.45) is 7.85. The summed E-state index contributed by atoms with van der Waals surface area (Å²) in [5, 5.41) is 0. The zero-order valence-electron chi connectivity index (χ0n) is 5.22. The highest BCUT2D eigenvalue weighted by Crippen LogP contribution is 2.23. The van der Waals surface area contributed by atoms with E-state index in [4.69, 9.17) is 4.18 Å². The lowest BCUT2D eigenvalue weighted by Gasteiger charge is -2.04. The Hall–Kier alpha value is 0.310. The summed E-state index contributed by atoms with van der Waals surface area (Å²) in [6.45, 7) is 0. The predicted octanol–water partition coefficient (Wildman–Crippen LogP) is 2.22. The lowest BCUT2D eigenvalue weighted by atomic mass is 10.3. The number of hydrogen-bond donors (Lipinski definition) is 0. The molecule has 0 amide bonds. The third-order valence-electron chi connectivity index (χ3n) is 1.53. The van der Waals surface area contributed by atoms with Gasteiger partial charge in [-0.3, -0.25) is 0 Å². The number of rotatable bonds is 2. The summed E-state index contributed by atoms with van der Waals surface area (Å²) in [6, 6.07) is 0. The van der Waals surface area contributed by atoms with Crippen LogP contribution in [0.3, 0.4) is 0 Å². The maximum Gasteiger partial charge on any atom is 0.0722 e. The van der Waals surface area contributed by atoms with Crippen LogP contribution in [-0.4, -0.2) is 12.4 Å². The third kappa shape index (κ3) is 1.67. The molecule has 0 aromatic carbocycles. The normalized spacial score (nSPS) is 22.1. The van der Waals surface area contributed by atoms with Gasteiger partial charge in [0, 0.05) is 6.26 Å². The summed E-state index contributed by atoms with van der Waals surface area (Å²) in [4.78, 5) is 0. The predicted molar refractivity (Wildman–Crippen MR) is 36.9 cm³/mol. The first kappa shape index (κ1) is 6.43. The van der Waals surface area contributed by atoms with Gasteiger partial charge in [-0.15, -0.1) is 0 Å². The van der Waals surface area contributed by atoms with Gasteiger partial charge in [0.25, 0.3) is 0 Å². The molecule has 0 aliphatic heterocycles. The van der Waals surface area contributed by atoms with E-state index in [1.165, 1.54) is 37.7 Å². The molecule has 1 nitrogen and oxygen atoms in total. The standard InChI is InChI=1S/C6H12OS/c1-8-7-6-4-2-3-5-6/h6H,2-5H2,1H3. The van der Waals surface area contributed by atoms with E-state index in [2.05, 4.69) is 0 Å². The summed E-state index contributed by atoms with van der Waals surface area (Å²) in [7, 11) is 0. The molecule has 0 aromatic heterocycles. The van der Waals surface area contributed by atoms with Crippen molar-refractivity contribution in [3.8, 4) is 0 Å². The average Bonchev–Trinajstić information content (AvgIpc) is 2.19. The fourth-order valence-electron chi connectivity index (χ4n) is 1.12. The quantitative estimate of drug-likeness (QED) is 0.533. The van der Waals surface area contributed by atoms with Crippen molar-refractivity contribution in [1.29, 1.82) is 0 Å². The van der Waals surface area contributed by atoms with Gasteiger partial charge in [0.15, 0.2) is 0 Å². The van der Waals surface area contributed by atoms with Crippen LogP contribution in [0.25, 0.3) is 0 Å². The minimum Gasteiger partial charge on any atom is -0.312 e. The molecule has 48 valence electrons. The van der Waals surface area contributed by atoms with E-state index in [-0.39, 0.29) is 0 Å². The van der Waals surface area contributed by atoms with E-state index in [0.29, 0.717) is 6.10 Å². The van der Waals surface area contributed by atoms with Crippen molar-refractivity contribution in [3.63, 3.8) is 0 Å². The smallest absolute Gasteiger partial charge is 0.0722 e. The molecular formula is C6H12OS. The molecule has 1 aliphatic carbocycles. The molecule has 1 saturated carbocycles. The summed E-state index contributed by atoms with van der Waals surface area (Å²) in [5.74, 6) is 0. The highest BCUT2D eigenvalue weighted by atomic mass is 32.2. The van der Waals surface area contributed by atoms with Gasteiger partial charge in [-0.2, -0.15) is 0 Å². The highest BCUT2D eigenvalue weighted by molar-refractivity contribution is 7.93. The van der Waals surface area contributed by atoms with Crippen LogP contribution >= 0.6 is 12.0 Å². The molecule has 0 N–H and O–H groups in total. The molecule has 0 atom stereocenters. The van der Waals surface area contributed by atoms with Crippen LogP contribution in [-0.2, 0) is 4.18 Å². The van der Waals surface area contributed by atoms with E-state index in [9.17, 15) is 0 Å². The van der Waals surface area contributed by atoms with Crippen LogP contribution in [0.5, 0.6) is 0 Å². The second kappa shape index (κ2) is 3.36. The molecule has 0 heterocycles. The molecule has 1 aliphatic rings. The van der Waals surface area contributed by atoms with Gasteiger partial charge in [0.2, 0.25) is 0 Å². The first-order valence-corrected chi connectivity index (χ1v) is 4.28. The van der Waals surface area contributed by atoms with Crippen molar-refractivity contribution in [2.75, 3.05) is 6.26 Å². The zero-order valence-corrected chi connectivity index (χ0v) is 6.04. The molecule has 0 saturated heterocycles. The first-order valence-electron chi connectivity index (χ1n) is 3.13. The topological polar surface area (TPSA) is 9.23 Å². The van der Waals surface area contributed by atoms with E-state index in [1.54, 1.807) is 0 Å². The molecule has 0 unspecified atom stereocenters. The third-order valence-corrected chi connectivity index (χ3v) is 2.00. The second-order valence-corrected chi connectivity index (χ2v) is 2.70. The molecule has 0 radical (unpaired) electrons. The lowest BCUT2D eigenvalue weighted by molar-refractivity contribution is 0.252. The van der Waals surface area contributed by atoms with Crippen LogP contribution < -0.4 is 0 Å². The van der Waals surface area contributed by atoms with E-state index in [0.717, 1.165) is 0 Å². The van der Waals surface area contributed by atoms with Crippen LogP contribution in [0.1, 0.15) is 25.7 Å². The highest BCUT2D eigenvalue weighted by Gasteiger charge is 2.14. The van der Waals surface area contributed by atoms with E-state index in [1.807, 2.05) is 6.26 Å². The van der Waals surface area contributed by atoms with Gasteiger partial charge in [-0.25, -0.2) is 0 Å². The Kier molecular flexibility index (Phi) is 2.70. The van der Waals surface area contributed by atoms with Gasteiger partial charge in [0.1, 0.15) is 0 Å². The Morgan fingerprint density at radius 2 is 2.00 bits per heavy atom. The average molecular weight is 132 g/mol. The Morgan fingerprint density at radius 1 is 1.38 bits per heavy atom. The van der Waals surface area contributed by atoms with Crippen LogP contribution in [0.2, 0.25) is 0 Å². The second-order valence-electron chi connectivity index (χ2n) is 2.17. The Morgan fingerprint density at radius 3 is 2.50 bits per heavy atom. The van der Waals surface area contributed by atoms with Crippen LogP contribution in [0.15, 0.2) is 0 Å². The van der Waals surface area contributed by atoms with Gasteiger partial charge >= 0.3 is 0 Å². The van der Waals surface area contributed by atoms with E-state index < -0.39 is 0 Å². The molecular weight excluding hydrogens is 120 g/mol. The summed E-state index contributed by atoms with van der Waals surface area (Å²) >= 11 is 1.50. The summed E-state index contributed by atoms with van der Waals surface area (Å²) in [5.41, 5.74) is 0. The molecule has 0 aromatic rings. The minimum atomic E-state index is 0.574. The zero-order chi connectivity index (χ0) is 5.82. The maximum absolute atomic E-state index is 5.32. The van der Waals surface area contributed by atoms with Crippen molar-refractivity contribution >= 4 is 12.0 Å². The van der Waals surface area contributed by atoms with Crippen LogP contribution in [0, 0.1) is 0 Å². The summed E-state index contributed by atoms with van der Waals surface area (Å²) < 4.78 is 5.32. The fourth-order valence-corrected chi connectivity index (χ4v) is 1.59. The largest absolute Gasteiger partial charge is 0.312 e. The minimum absolute atomic E-state index is 0.574.